The summed E-state index contributed by atoms with van der Waals surface area (Å²) < 4.78 is 20.0. The molecule has 1 aromatic carbocycles. The van der Waals surface area contributed by atoms with E-state index in [1.807, 2.05) is 0 Å². The molecular formula is C15H11FN4O2. The molecule has 0 amide bonds. The van der Waals surface area contributed by atoms with Gasteiger partial charge in [-0.3, -0.25) is 4.98 Å². The van der Waals surface area contributed by atoms with Crippen LogP contribution in [0.15, 0.2) is 48.8 Å². The summed E-state index contributed by atoms with van der Waals surface area (Å²) in [5.74, 6) is -1.12. The Morgan fingerprint density at radius 3 is 2.59 bits per heavy atom. The van der Waals surface area contributed by atoms with Gasteiger partial charge in [-0.05, 0) is 24.3 Å². The molecule has 22 heavy (non-hydrogen) atoms. The number of pyridine rings is 1. The van der Waals surface area contributed by atoms with E-state index in [0.29, 0.717) is 11.3 Å². The van der Waals surface area contributed by atoms with Crippen LogP contribution >= 0.6 is 0 Å². The first-order chi connectivity index (χ1) is 10.7. The van der Waals surface area contributed by atoms with Gasteiger partial charge in [-0.25, -0.2) is 13.9 Å². The van der Waals surface area contributed by atoms with E-state index in [4.69, 9.17) is 4.74 Å². The number of rotatable bonds is 3. The number of esters is 1. The van der Waals surface area contributed by atoms with Crippen LogP contribution in [0.3, 0.4) is 0 Å². The standard InChI is InChI=1S/C15H11FN4O2/c1-22-15(21)13-14(10-6-8-17-9-7-10)20(19-18-13)12-5-3-2-4-11(12)16/h2-9H,1H3. The molecule has 2 heterocycles. The predicted molar refractivity (Wildman–Crippen MR) is 75.9 cm³/mol. The van der Waals surface area contributed by atoms with Gasteiger partial charge in [0.05, 0.1) is 7.11 Å². The molecule has 7 heteroatoms. The number of nitrogens with zero attached hydrogens (tertiary/aromatic N) is 4. The maximum absolute atomic E-state index is 14.0. The summed E-state index contributed by atoms with van der Waals surface area (Å²) >= 11 is 0. The van der Waals surface area contributed by atoms with Crippen LogP contribution in [0.2, 0.25) is 0 Å². The van der Waals surface area contributed by atoms with E-state index in [9.17, 15) is 9.18 Å². The quantitative estimate of drug-likeness (QED) is 0.694. The Balaban J connectivity index is 2.26. The van der Waals surface area contributed by atoms with Crippen LogP contribution in [0.25, 0.3) is 16.9 Å². The molecule has 110 valence electrons. The van der Waals surface area contributed by atoms with Crippen LogP contribution < -0.4 is 0 Å². The molecule has 0 radical (unpaired) electrons. The number of hydrogen-bond donors (Lipinski definition) is 0. The molecule has 6 nitrogen and oxygen atoms in total. The molecule has 0 aliphatic carbocycles. The number of benzene rings is 1. The van der Waals surface area contributed by atoms with Crippen LogP contribution in [0, 0.1) is 5.82 Å². The fraction of sp³-hybridized carbons (Fsp3) is 0.0667. The molecule has 0 N–H and O–H groups in total. The van der Waals surface area contributed by atoms with Crippen LogP contribution in [-0.2, 0) is 4.74 Å². The number of ether oxygens (including phenoxy) is 1. The number of halogens is 1. The molecule has 3 rings (SSSR count). The van der Waals surface area contributed by atoms with Gasteiger partial charge in [0.1, 0.15) is 17.2 Å². The van der Waals surface area contributed by atoms with E-state index < -0.39 is 11.8 Å². The lowest BCUT2D eigenvalue weighted by Crippen LogP contribution is -2.06. The average molecular weight is 298 g/mol. The Labute approximate surface area is 125 Å². The Kier molecular flexibility index (Phi) is 3.61. The fourth-order valence-corrected chi connectivity index (χ4v) is 2.08. The van der Waals surface area contributed by atoms with E-state index in [2.05, 4.69) is 15.3 Å². The van der Waals surface area contributed by atoms with Gasteiger partial charge in [-0.2, -0.15) is 0 Å². The van der Waals surface area contributed by atoms with Crippen molar-refractivity contribution < 1.29 is 13.9 Å². The van der Waals surface area contributed by atoms with Crippen molar-refractivity contribution in [3.05, 3.63) is 60.3 Å². The van der Waals surface area contributed by atoms with Gasteiger partial charge >= 0.3 is 5.97 Å². The number of hydrogen-bond acceptors (Lipinski definition) is 5. The zero-order valence-corrected chi connectivity index (χ0v) is 11.6. The topological polar surface area (TPSA) is 69.9 Å². The molecule has 0 fully saturated rings. The average Bonchev–Trinajstić information content (AvgIpc) is 3.00. The third kappa shape index (κ3) is 2.32. The van der Waals surface area contributed by atoms with Crippen LogP contribution in [0.5, 0.6) is 0 Å². The van der Waals surface area contributed by atoms with Gasteiger partial charge < -0.3 is 4.74 Å². The molecule has 3 aromatic rings. The maximum Gasteiger partial charge on any atom is 0.360 e. The third-order valence-corrected chi connectivity index (χ3v) is 3.08. The SMILES string of the molecule is COC(=O)c1nnn(-c2ccccc2F)c1-c1ccncc1. The molecule has 0 aliphatic heterocycles. The molecule has 0 saturated heterocycles. The minimum atomic E-state index is -0.644. The first-order valence-electron chi connectivity index (χ1n) is 6.41. The van der Waals surface area contributed by atoms with E-state index >= 15 is 0 Å². The number of para-hydroxylation sites is 1. The Hall–Kier alpha value is -3.09. The smallest absolute Gasteiger partial charge is 0.360 e. The van der Waals surface area contributed by atoms with Crippen molar-refractivity contribution in [1.82, 2.24) is 20.0 Å². The molecule has 0 unspecified atom stereocenters. The van der Waals surface area contributed by atoms with E-state index in [-0.39, 0.29) is 11.4 Å². The van der Waals surface area contributed by atoms with E-state index in [1.54, 1.807) is 42.7 Å². The summed E-state index contributed by atoms with van der Waals surface area (Å²) in [5, 5.41) is 7.73. The summed E-state index contributed by atoms with van der Waals surface area (Å²) in [6.45, 7) is 0. The Morgan fingerprint density at radius 2 is 1.91 bits per heavy atom. The van der Waals surface area contributed by atoms with Gasteiger partial charge in [0.15, 0.2) is 5.69 Å². The summed E-state index contributed by atoms with van der Waals surface area (Å²) in [6.07, 6.45) is 3.13. The molecule has 2 aromatic heterocycles. The number of methoxy groups -OCH3 is 1. The van der Waals surface area contributed by atoms with Crippen LogP contribution in [0.4, 0.5) is 4.39 Å². The Morgan fingerprint density at radius 1 is 1.18 bits per heavy atom. The first-order valence-corrected chi connectivity index (χ1v) is 6.41. The Bertz CT molecular complexity index is 817. The summed E-state index contributed by atoms with van der Waals surface area (Å²) in [5.41, 5.74) is 1.18. The van der Waals surface area contributed by atoms with Crippen molar-refractivity contribution in [2.75, 3.05) is 7.11 Å². The van der Waals surface area contributed by atoms with Gasteiger partial charge in [0, 0.05) is 18.0 Å². The number of aromatic nitrogens is 4. The van der Waals surface area contributed by atoms with Gasteiger partial charge in [-0.15, -0.1) is 5.10 Å². The van der Waals surface area contributed by atoms with Crippen molar-refractivity contribution in [3.8, 4) is 16.9 Å². The highest BCUT2D eigenvalue weighted by Gasteiger charge is 2.23. The lowest BCUT2D eigenvalue weighted by molar-refractivity contribution is 0.0595. The maximum atomic E-state index is 14.0. The van der Waals surface area contributed by atoms with Gasteiger partial charge in [0.2, 0.25) is 0 Å². The second kappa shape index (κ2) is 5.72. The zero-order chi connectivity index (χ0) is 15.5. The normalized spacial score (nSPS) is 10.5. The van der Waals surface area contributed by atoms with Crippen molar-refractivity contribution in [1.29, 1.82) is 0 Å². The summed E-state index contributed by atoms with van der Waals surface area (Å²) in [6, 6.07) is 9.48. The van der Waals surface area contributed by atoms with Gasteiger partial charge in [0.25, 0.3) is 0 Å². The zero-order valence-electron chi connectivity index (χ0n) is 11.6. The molecule has 0 saturated carbocycles. The highest BCUT2D eigenvalue weighted by Crippen LogP contribution is 2.26. The molecule has 0 aliphatic rings. The van der Waals surface area contributed by atoms with Crippen LogP contribution in [0.1, 0.15) is 10.5 Å². The molecule has 0 bridgehead atoms. The summed E-state index contributed by atoms with van der Waals surface area (Å²) in [4.78, 5) is 15.8. The van der Waals surface area contributed by atoms with Crippen molar-refractivity contribution in [2.45, 2.75) is 0 Å². The highest BCUT2D eigenvalue weighted by atomic mass is 19.1. The molecule has 0 atom stereocenters. The largest absolute Gasteiger partial charge is 0.464 e. The predicted octanol–water partition coefficient (Wildman–Crippen LogP) is 2.26. The van der Waals surface area contributed by atoms with Crippen molar-refractivity contribution >= 4 is 5.97 Å². The van der Waals surface area contributed by atoms with Crippen molar-refractivity contribution in [2.24, 2.45) is 0 Å². The van der Waals surface area contributed by atoms with E-state index in [1.165, 1.54) is 17.9 Å². The minimum Gasteiger partial charge on any atom is -0.464 e. The second-order valence-corrected chi connectivity index (χ2v) is 4.38. The van der Waals surface area contributed by atoms with Crippen molar-refractivity contribution in [3.63, 3.8) is 0 Å². The third-order valence-electron chi connectivity index (χ3n) is 3.08. The minimum absolute atomic E-state index is 0.0111. The summed E-state index contributed by atoms with van der Waals surface area (Å²) in [7, 11) is 1.25. The lowest BCUT2D eigenvalue weighted by Gasteiger charge is -2.08. The number of carbonyl (C=O) groups excluding carboxylic acids is 1. The van der Waals surface area contributed by atoms with Gasteiger partial charge in [-0.1, -0.05) is 17.3 Å². The number of carbonyl (C=O) groups is 1. The second-order valence-electron chi connectivity index (χ2n) is 4.38. The molecule has 0 spiro atoms. The van der Waals surface area contributed by atoms with Crippen LogP contribution in [-0.4, -0.2) is 33.1 Å². The first kappa shape index (κ1) is 13.9. The highest BCUT2D eigenvalue weighted by molar-refractivity contribution is 5.94. The lowest BCUT2D eigenvalue weighted by atomic mass is 10.1. The molecular weight excluding hydrogens is 287 g/mol. The monoisotopic (exact) mass is 298 g/mol. The fourth-order valence-electron chi connectivity index (χ4n) is 2.08. The van der Waals surface area contributed by atoms with E-state index in [0.717, 1.165) is 0 Å².